The van der Waals surface area contributed by atoms with E-state index >= 15 is 0 Å². The molecule has 1 aromatic carbocycles. The highest BCUT2D eigenvalue weighted by atomic mass is 35.5. The largest absolute Gasteiger partial charge is 0.480 e. The molecule has 3 atom stereocenters. The number of nitrogens with zero attached hydrogens (tertiary/aromatic N) is 1. The molecule has 1 aromatic rings. The molecular formula is C14H19Cl2NO3. The lowest BCUT2D eigenvalue weighted by Gasteiger charge is -2.37. The highest BCUT2D eigenvalue weighted by Gasteiger charge is 2.29. The van der Waals surface area contributed by atoms with Crippen LogP contribution in [0.15, 0.2) is 18.2 Å². The molecular weight excluding hydrogens is 301 g/mol. The number of halogens is 2. The van der Waals surface area contributed by atoms with Gasteiger partial charge in [0.25, 0.3) is 0 Å². The van der Waals surface area contributed by atoms with Crippen molar-refractivity contribution in [3.63, 3.8) is 0 Å². The molecule has 6 heteroatoms. The van der Waals surface area contributed by atoms with E-state index in [-0.39, 0.29) is 18.6 Å². The number of carbonyl (C=O) groups is 1. The van der Waals surface area contributed by atoms with Crippen LogP contribution in [0.3, 0.4) is 0 Å². The van der Waals surface area contributed by atoms with Crippen LogP contribution in [-0.2, 0) is 4.79 Å². The number of aliphatic hydroxyl groups excluding tert-OH is 1. The normalized spacial score (nSPS) is 15.5. The van der Waals surface area contributed by atoms with Crippen LogP contribution in [0.2, 0.25) is 10.0 Å². The molecule has 0 saturated carbocycles. The summed E-state index contributed by atoms with van der Waals surface area (Å²) in [5.41, 5.74) is 0.669. The molecule has 0 radical (unpaired) electrons. The first-order valence-corrected chi connectivity index (χ1v) is 7.12. The van der Waals surface area contributed by atoms with Crippen molar-refractivity contribution in [1.82, 2.24) is 0 Å². The van der Waals surface area contributed by atoms with Crippen molar-refractivity contribution < 1.29 is 15.0 Å². The molecule has 0 heterocycles. The zero-order valence-electron chi connectivity index (χ0n) is 11.7. The Kier molecular flexibility index (Phi) is 6.11. The smallest absolute Gasteiger partial charge is 0.326 e. The van der Waals surface area contributed by atoms with Gasteiger partial charge in [0.15, 0.2) is 0 Å². The molecule has 0 bridgehead atoms. The molecule has 0 aromatic heterocycles. The van der Waals surface area contributed by atoms with E-state index in [0.29, 0.717) is 15.7 Å². The second-order valence-corrected chi connectivity index (χ2v) is 5.73. The summed E-state index contributed by atoms with van der Waals surface area (Å²) in [4.78, 5) is 13.0. The topological polar surface area (TPSA) is 60.8 Å². The number of rotatable bonds is 6. The number of anilines is 1. The Morgan fingerprint density at radius 3 is 2.30 bits per heavy atom. The third-order valence-corrected chi connectivity index (χ3v) is 4.27. The van der Waals surface area contributed by atoms with E-state index < -0.39 is 12.0 Å². The lowest BCUT2D eigenvalue weighted by atomic mass is 10.0. The molecule has 2 unspecified atom stereocenters. The lowest BCUT2D eigenvalue weighted by molar-refractivity contribution is -0.138. The first-order chi connectivity index (χ1) is 9.29. The van der Waals surface area contributed by atoms with E-state index in [1.54, 1.807) is 30.0 Å². The average Bonchev–Trinajstić information content (AvgIpc) is 2.41. The zero-order valence-corrected chi connectivity index (χ0v) is 13.2. The van der Waals surface area contributed by atoms with E-state index in [0.717, 1.165) is 0 Å². The molecule has 1 rings (SSSR count). The van der Waals surface area contributed by atoms with Crippen LogP contribution in [0.25, 0.3) is 0 Å². The number of benzene rings is 1. The summed E-state index contributed by atoms with van der Waals surface area (Å²) in [6, 6.07) is 4.11. The zero-order chi connectivity index (χ0) is 15.4. The van der Waals surface area contributed by atoms with Gasteiger partial charge in [-0.25, -0.2) is 4.79 Å². The van der Waals surface area contributed by atoms with Crippen LogP contribution >= 0.6 is 23.2 Å². The summed E-state index contributed by atoms with van der Waals surface area (Å²) in [6.07, 6.45) is 0. The van der Waals surface area contributed by atoms with Crippen molar-refractivity contribution in [1.29, 1.82) is 0 Å². The number of carboxylic acid groups (broad SMARTS) is 1. The van der Waals surface area contributed by atoms with Crippen molar-refractivity contribution in [3.05, 3.63) is 28.2 Å². The third kappa shape index (κ3) is 3.78. The predicted octanol–water partition coefficient (Wildman–Crippen LogP) is 3.29. The second kappa shape index (κ2) is 7.16. The van der Waals surface area contributed by atoms with Gasteiger partial charge in [0.1, 0.15) is 6.04 Å². The SMILES string of the molecule is CC(CO)C(C)N(c1ccc(Cl)c(Cl)c1)[C@@H](C)C(=O)O. The lowest BCUT2D eigenvalue weighted by Crippen LogP contribution is -2.48. The Labute approximate surface area is 128 Å². The number of carboxylic acids is 1. The highest BCUT2D eigenvalue weighted by Crippen LogP contribution is 2.30. The Morgan fingerprint density at radius 2 is 1.85 bits per heavy atom. The van der Waals surface area contributed by atoms with Crippen LogP contribution in [0.1, 0.15) is 20.8 Å². The van der Waals surface area contributed by atoms with Gasteiger partial charge in [-0.3, -0.25) is 0 Å². The van der Waals surface area contributed by atoms with E-state index in [1.165, 1.54) is 0 Å². The summed E-state index contributed by atoms with van der Waals surface area (Å²) in [6.45, 7) is 5.32. The Bertz CT molecular complexity index is 481. The highest BCUT2D eigenvalue weighted by molar-refractivity contribution is 6.42. The van der Waals surface area contributed by atoms with Crippen LogP contribution in [0.5, 0.6) is 0 Å². The molecule has 0 saturated heterocycles. The van der Waals surface area contributed by atoms with Crippen LogP contribution in [0, 0.1) is 5.92 Å². The first kappa shape index (κ1) is 17.1. The van der Waals surface area contributed by atoms with Gasteiger partial charge in [0, 0.05) is 18.3 Å². The third-order valence-electron chi connectivity index (χ3n) is 3.53. The van der Waals surface area contributed by atoms with Gasteiger partial charge in [0.05, 0.1) is 10.0 Å². The van der Waals surface area contributed by atoms with Crippen molar-refractivity contribution >= 4 is 34.9 Å². The summed E-state index contributed by atoms with van der Waals surface area (Å²) < 4.78 is 0. The van der Waals surface area contributed by atoms with Gasteiger partial charge in [-0.1, -0.05) is 30.1 Å². The standard InChI is InChI=1S/C14H19Cl2NO3/c1-8(7-18)9(2)17(10(3)14(19)20)11-4-5-12(15)13(16)6-11/h4-6,8-10,18H,7H2,1-3H3,(H,19,20)/t8?,9?,10-/m0/s1. The van der Waals surface area contributed by atoms with E-state index in [9.17, 15) is 15.0 Å². The minimum Gasteiger partial charge on any atom is -0.480 e. The molecule has 2 N–H and O–H groups in total. The second-order valence-electron chi connectivity index (χ2n) is 4.92. The fraction of sp³-hybridized carbons (Fsp3) is 0.500. The number of hydrogen-bond acceptors (Lipinski definition) is 3. The van der Waals surface area contributed by atoms with Crippen molar-refractivity contribution in [2.45, 2.75) is 32.9 Å². The van der Waals surface area contributed by atoms with Crippen molar-refractivity contribution in [3.8, 4) is 0 Å². The summed E-state index contributed by atoms with van der Waals surface area (Å²) in [5, 5.41) is 19.4. The summed E-state index contributed by atoms with van der Waals surface area (Å²) in [7, 11) is 0. The first-order valence-electron chi connectivity index (χ1n) is 6.36. The summed E-state index contributed by atoms with van der Waals surface area (Å²) >= 11 is 11.9. The predicted molar refractivity (Wildman–Crippen MR) is 81.8 cm³/mol. The number of aliphatic hydroxyl groups is 1. The molecule has 20 heavy (non-hydrogen) atoms. The molecule has 0 spiro atoms. The van der Waals surface area contributed by atoms with Crippen molar-refractivity contribution in [2.75, 3.05) is 11.5 Å². The Hall–Kier alpha value is -0.970. The molecule has 4 nitrogen and oxygen atoms in total. The quantitative estimate of drug-likeness (QED) is 0.844. The Morgan fingerprint density at radius 1 is 1.25 bits per heavy atom. The molecule has 0 aliphatic rings. The van der Waals surface area contributed by atoms with Crippen LogP contribution in [0.4, 0.5) is 5.69 Å². The summed E-state index contributed by atoms with van der Waals surface area (Å²) in [5.74, 6) is -1.01. The average molecular weight is 320 g/mol. The Balaban J connectivity index is 3.22. The van der Waals surface area contributed by atoms with Crippen LogP contribution < -0.4 is 4.90 Å². The minimum absolute atomic E-state index is 0.0225. The van der Waals surface area contributed by atoms with E-state index in [1.807, 2.05) is 13.8 Å². The molecule has 112 valence electrons. The molecule has 0 aliphatic carbocycles. The fourth-order valence-electron chi connectivity index (χ4n) is 2.00. The molecule has 0 fully saturated rings. The number of hydrogen-bond donors (Lipinski definition) is 2. The van der Waals surface area contributed by atoms with Gasteiger partial charge >= 0.3 is 5.97 Å². The van der Waals surface area contributed by atoms with E-state index in [4.69, 9.17) is 23.2 Å². The van der Waals surface area contributed by atoms with Gasteiger partial charge in [0.2, 0.25) is 0 Å². The van der Waals surface area contributed by atoms with E-state index in [2.05, 4.69) is 0 Å². The van der Waals surface area contributed by atoms with Gasteiger partial charge in [-0.05, 0) is 38.0 Å². The van der Waals surface area contributed by atoms with Gasteiger partial charge < -0.3 is 15.1 Å². The van der Waals surface area contributed by atoms with Gasteiger partial charge in [-0.2, -0.15) is 0 Å². The minimum atomic E-state index is -0.937. The maximum atomic E-state index is 11.3. The number of aliphatic carboxylic acids is 1. The monoisotopic (exact) mass is 319 g/mol. The van der Waals surface area contributed by atoms with Crippen molar-refractivity contribution in [2.24, 2.45) is 5.92 Å². The maximum Gasteiger partial charge on any atom is 0.326 e. The fourth-order valence-corrected chi connectivity index (χ4v) is 2.30. The molecule has 0 aliphatic heterocycles. The van der Waals surface area contributed by atoms with Crippen LogP contribution in [-0.4, -0.2) is 34.9 Å². The maximum absolute atomic E-state index is 11.3. The molecule has 0 amide bonds. The van der Waals surface area contributed by atoms with Gasteiger partial charge in [-0.15, -0.1) is 0 Å².